The molecule has 4 N–H and O–H groups in total. The van der Waals surface area contributed by atoms with Crippen LogP contribution in [-0.2, 0) is 6.54 Å². The highest BCUT2D eigenvalue weighted by Gasteiger charge is 2.10. The molecule has 0 bridgehead atoms. The molecule has 20 heavy (non-hydrogen) atoms. The molecule has 0 aliphatic heterocycles. The van der Waals surface area contributed by atoms with E-state index in [0.29, 0.717) is 31.0 Å². The summed E-state index contributed by atoms with van der Waals surface area (Å²) in [5.74, 6) is 0.247. The van der Waals surface area contributed by atoms with Crippen LogP contribution in [0.25, 0.3) is 0 Å². The van der Waals surface area contributed by atoms with E-state index in [1.165, 1.54) is 0 Å². The molecule has 1 heterocycles. The van der Waals surface area contributed by atoms with Crippen LogP contribution < -0.4 is 16.4 Å². The van der Waals surface area contributed by atoms with Gasteiger partial charge in [0, 0.05) is 31.4 Å². The highest BCUT2D eigenvalue weighted by Crippen LogP contribution is 2.15. The van der Waals surface area contributed by atoms with Crippen molar-refractivity contribution in [3.8, 4) is 0 Å². The van der Waals surface area contributed by atoms with Crippen LogP contribution in [0.4, 0.5) is 5.82 Å². The fourth-order valence-corrected chi connectivity index (χ4v) is 1.98. The minimum atomic E-state index is -0.457. The van der Waals surface area contributed by atoms with Crippen LogP contribution in [0.1, 0.15) is 15.9 Å². The number of hydrogen-bond donors (Lipinski definition) is 2. The number of hydrogen-bond acceptors (Lipinski definition) is 4. The first-order chi connectivity index (χ1) is 9.70. The van der Waals surface area contributed by atoms with E-state index in [9.17, 15) is 4.79 Å². The van der Waals surface area contributed by atoms with Crippen LogP contribution in [0.3, 0.4) is 0 Å². The highest BCUT2D eigenvalue weighted by molar-refractivity contribution is 5.93. The van der Waals surface area contributed by atoms with Gasteiger partial charge in [-0.3, -0.25) is 4.79 Å². The number of nitrogens with zero attached hydrogens (tertiary/aromatic N) is 2. The van der Waals surface area contributed by atoms with Crippen molar-refractivity contribution in [1.29, 1.82) is 0 Å². The minimum Gasteiger partial charge on any atom is -0.366 e. The molecule has 0 unspecified atom stereocenters. The number of benzene rings is 1. The molecule has 1 aromatic carbocycles. The Bertz CT molecular complexity index is 571. The van der Waals surface area contributed by atoms with Crippen LogP contribution in [0, 0.1) is 0 Å². The smallest absolute Gasteiger partial charge is 0.248 e. The second-order valence-corrected chi connectivity index (χ2v) is 4.46. The fourth-order valence-electron chi connectivity index (χ4n) is 1.98. The number of primary amides is 1. The molecule has 0 aliphatic rings. The number of rotatable bonds is 6. The van der Waals surface area contributed by atoms with Crippen molar-refractivity contribution in [3.05, 3.63) is 59.8 Å². The maximum absolute atomic E-state index is 11.2. The number of aromatic nitrogens is 1. The van der Waals surface area contributed by atoms with E-state index in [1.54, 1.807) is 18.3 Å². The molecule has 1 aromatic heterocycles. The third-order valence-corrected chi connectivity index (χ3v) is 2.97. The molecule has 5 nitrogen and oxygen atoms in total. The molecular formula is C15H18N4O. The molecule has 0 atom stereocenters. The highest BCUT2D eigenvalue weighted by atomic mass is 16.1. The Hall–Kier alpha value is -2.40. The fraction of sp³-hybridized carbons (Fsp3) is 0.200. The summed E-state index contributed by atoms with van der Waals surface area (Å²) in [5.41, 5.74) is 12.6. The van der Waals surface area contributed by atoms with Gasteiger partial charge in [0.05, 0.1) is 0 Å². The SMILES string of the molecule is NCCN(Cc1ccccc1)c1cc(C(N)=O)ccn1. The zero-order valence-electron chi connectivity index (χ0n) is 11.2. The van der Waals surface area contributed by atoms with Gasteiger partial charge in [0.15, 0.2) is 0 Å². The second-order valence-electron chi connectivity index (χ2n) is 4.46. The van der Waals surface area contributed by atoms with E-state index in [2.05, 4.69) is 4.98 Å². The molecule has 5 heteroatoms. The molecular weight excluding hydrogens is 252 g/mol. The Kier molecular flexibility index (Phi) is 4.68. The Morgan fingerprint density at radius 2 is 1.95 bits per heavy atom. The van der Waals surface area contributed by atoms with Gasteiger partial charge >= 0.3 is 0 Å². The standard InChI is InChI=1S/C15H18N4O/c16-7-9-19(11-12-4-2-1-3-5-12)14-10-13(15(17)20)6-8-18-14/h1-6,8,10H,7,9,11,16H2,(H2,17,20). The molecule has 0 saturated carbocycles. The topological polar surface area (TPSA) is 85.2 Å². The lowest BCUT2D eigenvalue weighted by molar-refractivity contribution is 0.1000. The molecule has 0 radical (unpaired) electrons. The Labute approximate surface area is 118 Å². The van der Waals surface area contributed by atoms with Crippen molar-refractivity contribution in [3.63, 3.8) is 0 Å². The first kappa shape index (κ1) is 14.0. The van der Waals surface area contributed by atoms with Gasteiger partial charge in [-0.05, 0) is 17.7 Å². The molecule has 0 spiro atoms. The van der Waals surface area contributed by atoms with Crippen molar-refractivity contribution in [2.45, 2.75) is 6.54 Å². The molecule has 0 saturated heterocycles. The van der Waals surface area contributed by atoms with Gasteiger partial charge in [-0.1, -0.05) is 30.3 Å². The first-order valence-corrected chi connectivity index (χ1v) is 6.45. The summed E-state index contributed by atoms with van der Waals surface area (Å²) in [4.78, 5) is 17.6. The lowest BCUT2D eigenvalue weighted by Gasteiger charge is -2.23. The summed E-state index contributed by atoms with van der Waals surface area (Å²) in [6, 6.07) is 13.3. The predicted molar refractivity (Wildman–Crippen MR) is 79.3 cm³/mol. The van der Waals surface area contributed by atoms with E-state index >= 15 is 0 Å². The maximum atomic E-state index is 11.2. The normalized spacial score (nSPS) is 10.2. The monoisotopic (exact) mass is 270 g/mol. The van der Waals surface area contributed by atoms with E-state index in [0.717, 1.165) is 5.56 Å². The number of anilines is 1. The van der Waals surface area contributed by atoms with Crippen molar-refractivity contribution in [2.24, 2.45) is 11.5 Å². The van der Waals surface area contributed by atoms with Crippen LogP contribution in [0.15, 0.2) is 48.7 Å². The summed E-state index contributed by atoms with van der Waals surface area (Å²) in [5, 5.41) is 0. The number of carbonyl (C=O) groups is 1. The maximum Gasteiger partial charge on any atom is 0.248 e. The van der Waals surface area contributed by atoms with Crippen molar-refractivity contribution < 1.29 is 4.79 Å². The molecule has 2 rings (SSSR count). The van der Waals surface area contributed by atoms with E-state index in [1.807, 2.05) is 35.2 Å². The number of amides is 1. The lowest BCUT2D eigenvalue weighted by Crippen LogP contribution is -2.30. The van der Waals surface area contributed by atoms with Crippen molar-refractivity contribution >= 4 is 11.7 Å². The summed E-state index contributed by atoms with van der Waals surface area (Å²) in [6.07, 6.45) is 1.59. The Balaban J connectivity index is 2.24. The van der Waals surface area contributed by atoms with Gasteiger partial charge in [-0.25, -0.2) is 4.98 Å². The number of carbonyl (C=O) groups excluding carboxylic acids is 1. The molecule has 0 fully saturated rings. The van der Waals surface area contributed by atoms with E-state index in [-0.39, 0.29) is 0 Å². The number of pyridine rings is 1. The molecule has 104 valence electrons. The zero-order chi connectivity index (χ0) is 14.4. The molecule has 1 amide bonds. The summed E-state index contributed by atoms with van der Waals surface area (Å²) < 4.78 is 0. The third kappa shape index (κ3) is 3.55. The quantitative estimate of drug-likeness (QED) is 0.824. The van der Waals surface area contributed by atoms with Crippen LogP contribution in [-0.4, -0.2) is 24.0 Å². The Morgan fingerprint density at radius 3 is 2.60 bits per heavy atom. The third-order valence-electron chi connectivity index (χ3n) is 2.97. The predicted octanol–water partition coefficient (Wildman–Crippen LogP) is 1.15. The molecule has 0 aliphatic carbocycles. The van der Waals surface area contributed by atoms with Crippen molar-refractivity contribution in [2.75, 3.05) is 18.0 Å². The summed E-state index contributed by atoms with van der Waals surface area (Å²) in [6.45, 7) is 1.85. The van der Waals surface area contributed by atoms with Gasteiger partial charge in [0.2, 0.25) is 5.91 Å². The Morgan fingerprint density at radius 1 is 1.20 bits per heavy atom. The van der Waals surface area contributed by atoms with Crippen LogP contribution in [0.5, 0.6) is 0 Å². The minimum absolute atomic E-state index is 0.449. The second kappa shape index (κ2) is 6.68. The largest absolute Gasteiger partial charge is 0.366 e. The number of nitrogens with two attached hydrogens (primary N) is 2. The lowest BCUT2D eigenvalue weighted by atomic mass is 10.2. The van der Waals surface area contributed by atoms with E-state index < -0.39 is 5.91 Å². The van der Waals surface area contributed by atoms with Gasteiger partial charge in [0.25, 0.3) is 0 Å². The van der Waals surface area contributed by atoms with Gasteiger partial charge in [0.1, 0.15) is 5.82 Å². The average Bonchev–Trinajstić information content (AvgIpc) is 2.48. The summed E-state index contributed by atoms with van der Waals surface area (Å²) >= 11 is 0. The van der Waals surface area contributed by atoms with Crippen molar-refractivity contribution in [1.82, 2.24) is 4.98 Å². The van der Waals surface area contributed by atoms with E-state index in [4.69, 9.17) is 11.5 Å². The first-order valence-electron chi connectivity index (χ1n) is 6.45. The average molecular weight is 270 g/mol. The molecule has 2 aromatic rings. The van der Waals surface area contributed by atoms with Gasteiger partial charge < -0.3 is 16.4 Å². The van der Waals surface area contributed by atoms with Crippen LogP contribution in [0.2, 0.25) is 0 Å². The van der Waals surface area contributed by atoms with Crippen LogP contribution >= 0.6 is 0 Å². The van der Waals surface area contributed by atoms with Gasteiger partial charge in [-0.15, -0.1) is 0 Å². The zero-order valence-corrected chi connectivity index (χ0v) is 11.2. The van der Waals surface area contributed by atoms with Gasteiger partial charge in [-0.2, -0.15) is 0 Å². The summed E-state index contributed by atoms with van der Waals surface area (Å²) in [7, 11) is 0.